The third-order valence-electron chi connectivity index (χ3n) is 3.51. The minimum Gasteiger partial charge on any atom is -0.503 e. The van der Waals surface area contributed by atoms with Crippen molar-refractivity contribution in [3.63, 3.8) is 0 Å². The second kappa shape index (κ2) is 9.94. The molecule has 2 aromatic rings. The molecule has 2 heterocycles. The van der Waals surface area contributed by atoms with Crippen LogP contribution in [0.4, 0.5) is 0 Å². The van der Waals surface area contributed by atoms with Crippen molar-refractivity contribution in [1.29, 1.82) is 0 Å². The van der Waals surface area contributed by atoms with Crippen LogP contribution >= 0.6 is 17.0 Å². The summed E-state index contributed by atoms with van der Waals surface area (Å²) in [6, 6.07) is 6.02. The molecule has 24 heavy (non-hydrogen) atoms. The first-order valence-electron chi connectivity index (χ1n) is 7.57. The first kappa shape index (κ1) is 20.0. The van der Waals surface area contributed by atoms with Crippen LogP contribution in [0.15, 0.2) is 46.2 Å². The summed E-state index contributed by atoms with van der Waals surface area (Å²) in [5, 5.41) is 21.9. The van der Waals surface area contributed by atoms with E-state index < -0.39 is 0 Å². The van der Waals surface area contributed by atoms with Crippen molar-refractivity contribution in [1.82, 2.24) is 14.5 Å². The number of hydrogen-bond donors (Lipinski definition) is 3. The fraction of sp³-hybridized carbons (Fsp3) is 0.375. The van der Waals surface area contributed by atoms with Gasteiger partial charge in [0.2, 0.25) is 0 Å². The summed E-state index contributed by atoms with van der Waals surface area (Å²) in [7, 11) is 0. The van der Waals surface area contributed by atoms with E-state index in [0.717, 1.165) is 25.9 Å². The normalized spacial score (nSPS) is 10.3. The zero-order valence-corrected chi connectivity index (χ0v) is 14.9. The van der Waals surface area contributed by atoms with Crippen LogP contribution in [0.3, 0.4) is 0 Å². The summed E-state index contributed by atoms with van der Waals surface area (Å²) in [5.74, 6) is -0.478. The van der Waals surface area contributed by atoms with Crippen LogP contribution in [-0.2, 0) is 13.1 Å². The number of hydrogen-bond acceptors (Lipinski definition) is 5. The van der Waals surface area contributed by atoms with E-state index in [-0.39, 0.29) is 39.6 Å². The molecule has 132 valence electrons. The summed E-state index contributed by atoms with van der Waals surface area (Å²) >= 11 is 0. The van der Waals surface area contributed by atoms with Crippen molar-refractivity contribution in [2.24, 2.45) is 0 Å². The highest BCUT2D eigenvalue weighted by molar-refractivity contribution is 8.93. The molecule has 0 aliphatic carbocycles. The smallest absolute Gasteiger partial charge is 0.292 e. The van der Waals surface area contributed by atoms with Gasteiger partial charge in [-0.25, -0.2) is 0 Å². The highest BCUT2D eigenvalue weighted by atomic mass is 79.9. The summed E-state index contributed by atoms with van der Waals surface area (Å²) in [6.45, 7) is 2.53. The van der Waals surface area contributed by atoms with E-state index in [0.29, 0.717) is 13.1 Å². The number of halogens is 1. The van der Waals surface area contributed by atoms with Gasteiger partial charge < -0.3 is 24.7 Å². The number of aromatic nitrogens is 2. The minimum atomic E-state index is -0.379. The summed E-state index contributed by atoms with van der Waals surface area (Å²) in [5.41, 5.74) is -0.758. The van der Waals surface area contributed by atoms with Crippen LogP contribution in [0.25, 0.3) is 0 Å². The number of pyridine rings is 2. The van der Waals surface area contributed by atoms with Gasteiger partial charge in [0, 0.05) is 25.5 Å². The Balaban J connectivity index is 0.00000288. The van der Waals surface area contributed by atoms with E-state index in [1.807, 2.05) is 0 Å². The minimum absolute atomic E-state index is 0. The maximum atomic E-state index is 11.6. The van der Waals surface area contributed by atoms with E-state index in [1.54, 1.807) is 24.5 Å². The van der Waals surface area contributed by atoms with Crippen LogP contribution in [0.5, 0.6) is 11.5 Å². The zero-order chi connectivity index (χ0) is 16.7. The van der Waals surface area contributed by atoms with Gasteiger partial charge in [0.15, 0.2) is 11.5 Å². The van der Waals surface area contributed by atoms with Crippen LogP contribution in [-0.4, -0.2) is 32.4 Å². The van der Waals surface area contributed by atoms with Gasteiger partial charge in [-0.15, -0.1) is 17.0 Å². The standard InChI is InChI=1S/C16H21N3O4.BrH/c20-13-5-1-9-18(15(13)22)11-3-7-17-8-4-12-19-10-2-6-14(21)16(19)23;/h1-2,5-6,9-10,17,20-21H,3-4,7-8,11-12H2;1H. The lowest BCUT2D eigenvalue weighted by Gasteiger charge is -2.08. The van der Waals surface area contributed by atoms with Crippen molar-refractivity contribution in [3.05, 3.63) is 57.4 Å². The highest BCUT2D eigenvalue weighted by Crippen LogP contribution is 1.99. The molecule has 2 rings (SSSR count). The SMILES string of the molecule is Br.O=c1c(O)cccn1CCCNCCCn1cccc(O)c1=O. The van der Waals surface area contributed by atoms with E-state index in [2.05, 4.69) is 5.32 Å². The molecule has 0 bridgehead atoms. The fourth-order valence-corrected chi connectivity index (χ4v) is 2.27. The molecular formula is C16H22BrN3O4. The van der Waals surface area contributed by atoms with Crippen LogP contribution < -0.4 is 16.4 Å². The number of rotatable bonds is 8. The van der Waals surface area contributed by atoms with Crippen molar-refractivity contribution < 1.29 is 10.2 Å². The molecule has 0 spiro atoms. The summed E-state index contributed by atoms with van der Waals surface area (Å²) < 4.78 is 2.95. The molecule has 0 amide bonds. The number of aryl methyl sites for hydroxylation is 2. The van der Waals surface area contributed by atoms with E-state index >= 15 is 0 Å². The Morgan fingerprint density at radius 2 is 1.25 bits per heavy atom. The first-order valence-corrected chi connectivity index (χ1v) is 7.57. The first-order chi connectivity index (χ1) is 11.1. The summed E-state index contributed by atoms with van der Waals surface area (Å²) in [4.78, 5) is 23.2. The molecule has 0 aliphatic rings. The predicted octanol–water partition coefficient (Wildman–Crippen LogP) is 1.07. The monoisotopic (exact) mass is 399 g/mol. The third-order valence-corrected chi connectivity index (χ3v) is 3.51. The molecule has 0 saturated carbocycles. The van der Waals surface area contributed by atoms with E-state index in [1.165, 1.54) is 21.3 Å². The number of nitrogens with zero attached hydrogens (tertiary/aromatic N) is 2. The molecule has 8 heteroatoms. The van der Waals surface area contributed by atoms with E-state index in [4.69, 9.17) is 0 Å². The van der Waals surface area contributed by atoms with Gasteiger partial charge in [-0.1, -0.05) is 0 Å². The molecule has 0 aromatic carbocycles. The maximum Gasteiger partial charge on any atom is 0.292 e. The van der Waals surface area contributed by atoms with Crippen molar-refractivity contribution in [2.45, 2.75) is 25.9 Å². The highest BCUT2D eigenvalue weighted by Gasteiger charge is 2.01. The van der Waals surface area contributed by atoms with Gasteiger partial charge >= 0.3 is 0 Å². The molecule has 0 atom stereocenters. The molecule has 0 radical (unpaired) electrons. The Hall–Kier alpha value is -2.06. The topological polar surface area (TPSA) is 96.5 Å². The molecule has 0 saturated heterocycles. The maximum absolute atomic E-state index is 11.6. The second-order valence-corrected chi connectivity index (χ2v) is 5.24. The Morgan fingerprint density at radius 1 is 0.833 bits per heavy atom. The van der Waals surface area contributed by atoms with Crippen LogP contribution in [0, 0.1) is 0 Å². The largest absolute Gasteiger partial charge is 0.503 e. The molecule has 2 aromatic heterocycles. The lowest BCUT2D eigenvalue weighted by atomic mass is 10.3. The molecular weight excluding hydrogens is 378 g/mol. The van der Waals surface area contributed by atoms with Crippen molar-refractivity contribution in [3.8, 4) is 11.5 Å². The Bertz CT molecular complexity index is 694. The molecule has 0 unspecified atom stereocenters. The van der Waals surface area contributed by atoms with Gasteiger partial charge in [0.05, 0.1) is 0 Å². The number of nitrogens with one attached hydrogen (secondary N) is 1. The van der Waals surface area contributed by atoms with Gasteiger partial charge in [-0.3, -0.25) is 9.59 Å². The average molecular weight is 400 g/mol. The van der Waals surface area contributed by atoms with Gasteiger partial charge in [0.25, 0.3) is 11.1 Å². The zero-order valence-electron chi connectivity index (χ0n) is 13.2. The molecule has 0 fully saturated rings. The second-order valence-electron chi connectivity index (χ2n) is 5.24. The van der Waals surface area contributed by atoms with Crippen LogP contribution in [0.2, 0.25) is 0 Å². The van der Waals surface area contributed by atoms with Gasteiger partial charge in [-0.2, -0.15) is 0 Å². The molecule has 7 nitrogen and oxygen atoms in total. The summed E-state index contributed by atoms with van der Waals surface area (Å²) in [6.07, 6.45) is 4.82. The quantitative estimate of drug-likeness (QED) is 0.576. The number of aromatic hydroxyl groups is 2. The predicted molar refractivity (Wildman–Crippen MR) is 97.2 cm³/mol. The third kappa shape index (κ3) is 5.54. The Morgan fingerprint density at radius 3 is 1.67 bits per heavy atom. The lowest BCUT2D eigenvalue weighted by Crippen LogP contribution is -2.24. The van der Waals surface area contributed by atoms with Gasteiger partial charge in [-0.05, 0) is 50.2 Å². The van der Waals surface area contributed by atoms with Crippen molar-refractivity contribution in [2.75, 3.05) is 13.1 Å². The lowest BCUT2D eigenvalue weighted by molar-refractivity contribution is 0.451. The van der Waals surface area contributed by atoms with Gasteiger partial charge in [0.1, 0.15) is 0 Å². The molecule has 3 N–H and O–H groups in total. The van der Waals surface area contributed by atoms with E-state index in [9.17, 15) is 19.8 Å². The molecule has 0 aliphatic heterocycles. The Kier molecular flexibility index (Phi) is 8.28. The Labute approximate surface area is 150 Å². The van der Waals surface area contributed by atoms with Crippen molar-refractivity contribution >= 4 is 17.0 Å². The average Bonchev–Trinajstić information content (AvgIpc) is 2.54. The van der Waals surface area contributed by atoms with Crippen LogP contribution in [0.1, 0.15) is 12.8 Å². The fourth-order valence-electron chi connectivity index (χ4n) is 2.27.